The summed E-state index contributed by atoms with van der Waals surface area (Å²) in [7, 11) is 0. The van der Waals surface area contributed by atoms with Gasteiger partial charge in [-0.2, -0.15) is 0 Å². The van der Waals surface area contributed by atoms with Gasteiger partial charge >= 0.3 is 0 Å². The van der Waals surface area contributed by atoms with Crippen molar-refractivity contribution in [3.05, 3.63) is 68.3 Å². The number of benzene rings is 2. The molecule has 122 valence electrons. The summed E-state index contributed by atoms with van der Waals surface area (Å²) in [5.74, 6) is 0.0690. The highest BCUT2D eigenvalue weighted by molar-refractivity contribution is 9.10. The van der Waals surface area contributed by atoms with Crippen molar-refractivity contribution in [3.8, 4) is 0 Å². The van der Waals surface area contributed by atoms with Crippen LogP contribution in [0.15, 0.2) is 40.9 Å². The Balaban J connectivity index is 1.70. The number of amides is 1. The molecule has 0 atom stereocenters. The van der Waals surface area contributed by atoms with Crippen molar-refractivity contribution >= 4 is 44.3 Å². The molecule has 5 heteroatoms. The van der Waals surface area contributed by atoms with Crippen LogP contribution in [0.3, 0.4) is 0 Å². The van der Waals surface area contributed by atoms with Crippen LogP contribution in [-0.2, 0) is 13.0 Å². The molecule has 0 radical (unpaired) electrons. The Morgan fingerprint density at radius 1 is 1.29 bits per heavy atom. The summed E-state index contributed by atoms with van der Waals surface area (Å²) in [5.41, 5.74) is 5.24. The molecule has 3 nitrogen and oxygen atoms in total. The first kappa shape index (κ1) is 15.7. The largest absolute Gasteiger partial charge is 0.358 e. The van der Waals surface area contributed by atoms with Crippen LogP contribution < -0.4 is 0 Å². The molecular formula is C19H16BrClN2O. The third-order valence-electron chi connectivity index (χ3n) is 4.65. The number of carbonyl (C=O) groups is 1. The highest BCUT2D eigenvalue weighted by atomic mass is 79.9. The lowest BCUT2D eigenvalue weighted by molar-refractivity contribution is 0.0734. The molecule has 1 aromatic heterocycles. The van der Waals surface area contributed by atoms with Crippen LogP contribution in [0, 0.1) is 6.92 Å². The zero-order valence-corrected chi connectivity index (χ0v) is 15.5. The highest BCUT2D eigenvalue weighted by Crippen LogP contribution is 2.31. The molecular weight excluding hydrogens is 388 g/mol. The van der Waals surface area contributed by atoms with Crippen molar-refractivity contribution in [2.45, 2.75) is 19.9 Å². The number of H-pyrrole nitrogens is 1. The van der Waals surface area contributed by atoms with E-state index < -0.39 is 0 Å². The van der Waals surface area contributed by atoms with Gasteiger partial charge in [0.1, 0.15) is 0 Å². The molecule has 1 amide bonds. The first-order chi connectivity index (χ1) is 11.5. The van der Waals surface area contributed by atoms with Crippen molar-refractivity contribution in [1.29, 1.82) is 0 Å². The molecule has 3 aromatic rings. The van der Waals surface area contributed by atoms with E-state index in [1.807, 2.05) is 48.2 Å². The number of nitrogens with one attached hydrogen (secondary N) is 1. The minimum Gasteiger partial charge on any atom is -0.358 e. The fourth-order valence-electron chi connectivity index (χ4n) is 3.35. The summed E-state index contributed by atoms with van der Waals surface area (Å²) in [6, 6.07) is 11.7. The minimum atomic E-state index is 0.0690. The maximum atomic E-state index is 13.0. The van der Waals surface area contributed by atoms with Crippen molar-refractivity contribution in [2.24, 2.45) is 0 Å². The number of fused-ring (bicyclic) bond motifs is 3. The van der Waals surface area contributed by atoms with E-state index in [2.05, 4.69) is 20.9 Å². The molecule has 0 unspecified atom stereocenters. The second-order valence-electron chi connectivity index (χ2n) is 6.19. The van der Waals surface area contributed by atoms with Crippen LogP contribution in [0.1, 0.15) is 27.2 Å². The van der Waals surface area contributed by atoms with Crippen LogP contribution in [0.4, 0.5) is 0 Å². The van der Waals surface area contributed by atoms with Crippen LogP contribution in [0.5, 0.6) is 0 Å². The van der Waals surface area contributed by atoms with Gasteiger partial charge in [-0.25, -0.2) is 0 Å². The second-order valence-corrected chi connectivity index (χ2v) is 7.41. The maximum absolute atomic E-state index is 13.0. The van der Waals surface area contributed by atoms with Gasteiger partial charge in [0.2, 0.25) is 0 Å². The SMILES string of the molecule is Cc1cccc(C(=O)N2CCc3[nH]c4cc(Cl)ccc4c3C2)c1Br. The van der Waals surface area contributed by atoms with E-state index in [1.165, 1.54) is 11.3 Å². The lowest BCUT2D eigenvalue weighted by Crippen LogP contribution is -2.36. The van der Waals surface area contributed by atoms with Gasteiger partial charge < -0.3 is 9.88 Å². The zero-order chi connectivity index (χ0) is 16.8. The summed E-state index contributed by atoms with van der Waals surface area (Å²) in [5, 5.41) is 1.87. The van der Waals surface area contributed by atoms with Gasteiger partial charge in [-0.05, 0) is 46.6 Å². The molecule has 4 rings (SSSR count). The van der Waals surface area contributed by atoms with E-state index in [0.29, 0.717) is 13.1 Å². The Bertz CT molecular complexity index is 963. The third-order valence-corrected chi connectivity index (χ3v) is 5.93. The molecule has 1 N–H and O–H groups in total. The number of hydrogen-bond donors (Lipinski definition) is 1. The predicted molar refractivity (Wildman–Crippen MR) is 101 cm³/mol. The topological polar surface area (TPSA) is 36.1 Å². The number of rotatable bonds is 1. The summed E-state index contributed by atoms with van der Waals surface area (Å²) in [4.78, 5) is 18.3. The number of nitrogens with zero attached hydrogens (tertiary/aromatic N) is 1. The number of aryl methyl sites for hydroxylation is 1. The Morgan fingerprint density at radius 2 is 2.12 bits per heavy atom. The van der Waals surface area contributed by atoms with Gasteiger partial charge in [-0.3, -0.25) is 4.79 Å². The van der Waals surface area contributed by atoms with E-state index in [0.717, 1.165) is 37.9 Å². The summed E-state index contributed by atoms with van der Waals surface area (Å²) in [6.45, 7) is 3.33. The monoisotopic (exact) mass is 402 g/mol. The Morgan fingerprint density at radius 3 is 2.96 bits per heavy atom. The summed E-state index contributed by atoms with van der Waals surface area (Å²) >= 11 is 9.63. The average molecular weight is 404 g/mol. The second kappa shape index (κ2) is 5.94. The lowest BCUT2D eigenvalue weighted by atomic mass is 10.0. The number of aromatic amines is 1. The quantitative estimate of drug-likeness (QED) is 0.603. The number of halogens is 2. The summed E-state index contributed by atoms with van der Waals surface area (Å²) in [6.07, 6.45) is 0.830. The fourth-order valence-corrected chi connectivity index (χ4v) is 3.96. The Hall–Kier alpha value is -1.78. The van der Waals surface area contributed by atoms with Crippen molar-refractivity contribution < 1.29 is 4.79 Å². The molecule has 0 bridgehead atoms. The van der Waals surface area contributed by atoms with E-state index in [1.54, 1.807) is 0 Å². The lowest BCUT2D eigenvalue weighted by Gasteiger charge is -2.28. The normalized spacial score (nSPS) is 14.0. The summed E-state index contributed by atoms with van der Waals surface area (Å²) < 4.78 is 0.881. The van der Waals surface area contributed by atoms with Crippen LogP contribution >= 0.6 is 27.5 Å². The highest BCUT2D eigenvalue weighted by Gasteiger charge is 2.26. The molecule has 1 aliphatic rings. The first-order valence-corrected chi connectivity index (χ1v) is 9.05. The molecule has 24 heavy (non-hydrogen) atoms. The first-order valence-electron chi connectivity index (χ1n) is 7.88. The molecule has 0 fully saturated rings. The van der Waals surface area contributed by atoms with Crippen LogP contribution in [0.2, 0.25) is 5.02 Å². The number of hydrogen-bond acceptors (Lipinski definition) is 1. The standard InChI is InChI=1S/C19H16BrClN2O/c1-11-3-2-4-14(18(11)20)19(24)23-8-7-16-15(10-23)13-6-5-12(21)9-17(13)22-16/h2-6,9,22H,7-8,10H2,1H3. The maximum Gasteiger partial charge on any atom is 0.255 e. The van der Waals surface area contributed by atoms with Crippen molar-refractivity contribution in [2.75, 3.05) is 6.54 Å². The van der Waals surface area contributed by atoms with E-state index in [-0.39, 0.29) is 5.91 Å². The van der Waals surface area contributed by atoms with Gasteiger partial charge in [0.25, 0.3) is 5.91 Å². The Labute approximate surface area is 153 Å². The fraction of sp³-hybridized carbons (Fsp3) is 0.211. The molecule has 0 spiro atoms. The van der Waals surface area contributed by atoms with Crippen LogP contribution in [-0.4, -0.2) is 22.3 Å². The van der Waals surface area contributed by atoms with Crippen LogP contribution in [0.25, 0.3) is 10.9 Å². The predicted octanol–water partition coefficient (Wildman–Crippen LogP) is 5.09. The van der Waals surface area contributed by atoms with Gasteiger partial charge in [0.15, 0.2) is 0 Å². The molecule has 2 heterocycles. The van der Waals surface area contributed by atoms with Crippen molar-refractivity contribution in [3.63, 3.8) is 0 Å². The Kier molecular flexibility index (Phi) is 3.89. The smallest absolute Gasteiger partial charge is 0.255 e. The minimum absolute atomic E-state index is 0.0690. The molecule has 0 saturated carbocycles. The van der Waals surface area contributed by atoms with Crippen molar-refractivity contribution in [1.82, 2.24) is 9.88 Å². The third kappa shape index (κ3) is 2.54. The molecule has 1 aliphatic heterocycles. The molecule has 0 aliphatic carbocycles. The number of carbonyl (C=O) groups excluding carboxylic acids is 1. The van der Waals surface area contributed by atoms with E-state index in [9.17, 15) is 4.79 Å². The van der Waals surface area contributed by atoms with Gasteiger partial charge in [-0.1, -0.05) is 29.8 Å². The van der Waals surface area contributed by atoms with E-state index >= 15 is 0 Å². The zero-order valence-electron chi connectivity index (χ0n) is 13.2. The van der Waals surface area contributed by atoms with Gasteiger partial charge in [-0.15, -0.1) is 0 Å². The number of aromatic nitrogens is 1. The van der Waals surface area contributed by atoms with Gasteiger partial charge in [0.05, 0.1) is 5.56 Å². The molecule has 2 aromatic carbocycles. The van der Waals surface area contributed by atoms with Gasteiger partial charge in [0, 0.05) is 51.2 Å². The average Bonchev–Trinajstić information content (AvgIpc) is 2.93. The molecule has 0 saturated heterocycles. The van der Waals surface area contributed by atoms with E-state index in [4.69, 9.17) is 11.6 Å².